The summed E-state index contributed by atoms with van der Waals surface area (Å²) in [5.41, 5.74) is -0.314. The number of rotatable bonds is 4. The van der Waals surface area contributed by atoms with Gasteiger partial charge in [-0.3, -0.25) is 9.69 Å². The van der Waals surface area contributed by atoms with Crippen molar-refractivity contribution in [2.45, 2.75) is 64.3 Å². The van der Waals surface area contributed by atoms with Crippen molar-refractivity contribution in [3.63, 3.8) is 0 Å². The van der Waals surface area contributed by atoms with Crippen LogP contribution in [0.4, 0.5) is 9.18 Å². The molecule has 1 aromatic carbocycles. The maximum Gasteiger partial charge on any atom is 0.411 e. The number of nitriles is 1. The van der Waals surface area contributed by atoms with Crippen LogP contribution in [0, 0.1) is 40.8 Å². The van der Waals surface area contributed by atoms with E-state index in [4.69, 9.17) is 4.74 Å². The first-order valence-corrected chi connectivity index (χ1v) is 11.5. The van der Waals surface area contributed by atoms with Gasteiger partial charge >= 0.3 is 6.09 Å². The van der Waals surface area contributed by atoms with Crippen molar-refractivity contribution in [1.82, 2.24) is 10.2 Å². The Balaban J connectivity index is 1.51. The predicted octanol–water partition coefficient (Wildman–Crippen LogP) is 4.03. The lowest BCUT2D eigenvalue weighted by Gasteiger charge is -2.35. The van der Waals surface area contributed by atoms with Crippen LogP contribution >= 0.6 is 15.9 Å². The minimum atomic E-state index is -0.893. The lowest BCUT2D eigenvalue weighted by atomic mass is 9.94. The average Bonchev–Trinajstić information content (AvgIpc) is 3.03. The van der Waals surface area contributed by atoms with Crippen molar-refractivity contribution in [2.24, 2.45) is 23.7 Å². The fraction of sp³-hybridized carbons (Fsp3) is 0.609. The molecule has 4 rings (SSSR count). The Morgan fingerprint density at radius 2 is 2.10 bits per heavy atom. The number of ether oxygens (including phenoxy) is 1. The maximum absolute atomic E-state index is 14.2. The van der Waals surface area contributed by atoms with Crippen LogP contribution in [0.5, 0.6) is 0 Å². The van der Waals surface area contributed by atoms with E-state index in [2.05, 4.69) is 34.2 Å². The Labute approximate surface area is 190 Å². The van der Waals surface area contributed by atoms with Crippen molar-refractivity contribution in [2.75, 3.05) is 0 Å². The van der Waals surface area contributed by atoms with Gasteiger partial charge in [-0.25, -0.2) is 9.18 Å². The van der Waals surface area contributed by atoms with E-state index in [9.17, 15) is 19.2 Å². The third-order valence-corrected chi connectivity index (χ3v) is 7.31. The number of carbonyl (C=O) groups excluding carboxylic acids is 2. The smallest absolute Gasteiger partial charge is 0.411 e. The number of piperidine rings is 1. The predicted molar refractivity (Wildman–Crippen MR) is 115 cm³/mol. The van der Waals surface area contributed by atoms with E-state index in [0.717, 1.165) is 6.42 Å². The van der Waals surface area contributed by atoms with Crippen LogP contribution in [0.1, 0.15) is 39.7 Å². The zero-order valence-electron chi connectivity index (χ0n) is 18.1. The number of nitrogens with zero attached hydrogens (tertiary/aromatic N) is 2. The molecule has 2 saturated carbocycles. The minimum absolute atomic E-state index is 0.0000497. The quantitative estimate of drug-likeness (QED) is 0.688. The van der Waals surface area contributed by atoms with E-state index in [-0.39, 0.29) is 24.3 Å². The van der Waals surface area contributed by atoms with Gasteiger partial charge in [0.2, 0.25) is 5.91 Å². The first kappa shape index (κ1) is 22.1. The molecule has 8 heteroatoms. The van der Waals surface area contributed by atoms with Gasteiger partial charge in [0.25, 0.3) is 0 Å². The summed E-state index contributed by atoms with van der Waals surface area (Å²) in [5, 5.41) is 12.3. The molecule has 1 aliphatic heterocycles. The van der Waals surface area contributed by atoms with Gasteiger partial charge in [0, 0.05) is 16.9 Å². The third kappa shape index (κ3) is 4.05. The molecular weight excluding hydrogens is 465 g/mol. The van der Waals surface area contributed by atoms with Crippen LogP contribution in [0.15, 0.2) is 22.7 Å². The molecular formula is C23H27BrFN3O3. The number of hydrogen-bond donors (Lipinski definition) is 1. The number of carbonyl (C=O) groups is 2. The molecule has 0 aromatic heterocycles. The van der Waals surface area contributed by atoms with Crippen LogP contribution in [0.25, 0.3) is 0 Å². The summed E-state index contributed by atoms with van der Waals surface area (Å²) in [5.74, 6) is 0.610. The number of benzene rings is 1. The summed E-state index contributed by atoms with van der Waals surface area (Å²) < 4.78 is 20.4. The fourth-order valence-corrected chi connectivity index (χ4v) is 5.96. The van der Waals surface area contributed by atoms with Crippen LogP contribution in [0.2, 0.25) is 0 Å². The Hall–Kier alpha value is -2.14. The fourth-order valence-electron chi connectivity index (χ4n) is 5.63. The van der Waals surface area contributed by atoms with Gasteiger partial charge in [-0.1, -0.05) is 28.9 Å². The second-order valence-corrected chi connectivity index (χ2v) is 10.9. The van der Waals surface area contributed by atoms with Gasteiger partial charge in [0.05, 0.1) is 6.07 Å². The summed E-state index contributed by atoms with van der Waals surface area (Å²) in [6.45, 7) is 7.57. The van der Waals surface area contributed by atoms with E-state index in [1.807, 2.05) is 0 Å². The highest BCUT2D eigenvalue weighted by atomic mass is 79.9. The molecule has 2 bridgehead atoms. The number of halogens is 2. The molecule has 1 N–H and O–H groups in total. The van der Waals surface area contributed by atoms with Crippen molar-refractivity contribution in [1.29, 1.82) is 5.26 Å². The molecule has 1 saturated heterocycles. The molecule has 0 spiro atoms. The molecule has 1 heterocycles. The molecule has 0 radical (unpaired) electrons. The Bertz CT molecular complexity index is 956. The lowest BCUT2D eigenvalue weighted by Crippen LogP contribution is -2.56. The normalized spacial score (nSPS) is 31.6. The first-order chi connectivity index (χ1) is 14.5. The van der Waals surface area contributed by atoms with E-state index in [1.54, 1.807) is 37.8 Å². The number of fused-ring (bicyclic) bond motifs is 5. The number of hydrogen-bond acceptors (Lipinski definition) is 4. The van der Waals surface area contributed by atoms with E-state index >= 15 is 0 Å². The molecule has 166 valence electrons. The van der Waals surface area contributed by atoms with Crippen LogP contribution in [0.3, 0.4) is 0 Å². The van der Waals surface area contributed by atoms with Crippen molar-refractivity contribution < 1.29 is 18.7 Å². The van der Waals surface area contributed by atoms with Gasteiger partial charge in [-0.15, -0.1) is 0 Å². The van der Waals surface area contributed by atoms with Gasteiger partial charge in [-0.2, -0.15) is 5.26 Å². The Morgan fingerprint density at radius 1 is 1.39 bits per heavy atom. The van der Waals surface area contributed by atoms with Crippen molar-refractivity contribution >= 4 is 27.9 Å². The number of amides is 2. The average molecular weight is 492 g/mol. The minimum Gasteiger partial charge on any atom is -0.444 e. The zero-order chi connectivity index (χ0) is 22.7. The lowest BCUT2D eigenvalue weighted by molar-refractivity contribution is -0.128. The molecule has 2 aliphatic carbocycles. The Kier molecular flexibility index (Phi) is 5.53. The Morgan fingerprint density at radius 3 is 2.71 bits per heavy atom. The summed E-state index contributed by atoms with van der Waals surface area (Å²) >= 11 is 3.21. The topological polar surface area (TPSA) is 82.4 Å². The van der Waals surface area contributed by atoms with Crippen LogP contribution in [-0.2, 0) is 16.0 Å². The van der Waals surface area contributed by atoms with E-state index < -0.39 is 29.6 Å². The molecule has 3 fully saturated rings. The zero-order valence-corrected chi connectivity index (χ0v) is 19.6. The van der Waals surface area contributed by atoms with Gasteiger partial charge in [0.1, 0.15) is 23.5 Å². The molecule has 3 aliphatic rings. The highest BCUT2D eigenvalue weighted by Gasteiger charge is 2.71. The van der Waals surface area contributed by atoms with Gasteiger partial charge in [0.15, 0.2) is 0 Å². The third-order valence-electron chi connectivity index (χ3n) is 6.82. The monoisotopic (exact) mass is 491 g/mol. The van der Waals surface area contributed by atoms with E-state index in [0.29, 0.717) is 27.8 Å². The van der Waals surface area contributed by atoms with Crippen LogP contribution < -0.4 is 5.32 Å². The highest BCUT2D eigenvalue weighted by molar-refractivity contribution is 9.10. The van der Waals surface area contributed by atoms with Crippen molar-refractivity contribution in [3.05, 3.63) is 34.1 Å². The standard InChI is InChI=1S/C23H27BrFN3O3/c1-11-18-15-9-17(19(11)18)28(22(30)31-23(2,3)4)20(15)21(29)27-14(10-26)7-12-5-6-13(24)8-16(12)25/h5-6,8,11,14-15,17-20H,7,9H2,1-4H3,(H,27,29)/t11-,14-,15+,17-,18?,19?,20-/m0/s1. The molecule has 2 unspecified atom stereocenters. The van der Waals surface area contributed by atoms with E-state index in [1.165, 1.54) is 6.07 Å². The summed E-state index contributed by atoms with van der Waals surface area (Å²) in [4.78, 5) is 27.8. The van der Waals surface area contributed by atoms with Gasteiger partial charge < -0.3 is 10.1 Å². The second-order valence-electron chi connectivity index (χ2n) is 9.94. The van der Waals surface area contributed by atoms with Crippen LogP contribution in [-0.4, -0.2) is 40.6 Å². The number of likely N-dealkylation sites (tertiary alicyclic amines) is 1. The highest BCUT2D eigenvalue weighted by Crippen LogP contribution is 2.67. The first-order valence-electron chi connectivity index (χ1n) is 10.7. The second kappa shape index (κ2) is 7.77. The SMILES string of the molecule is C[C@H]1C2C1[C@@H]1C[C@H]2[C@@H](C(=O)N[C@H](C#N)Cc2ccc(Br)cc2F)N1C(=O)OC(C)(C)C. The van der Waals surface area contributed by atoms with Gasteiger partial charge in [-0.05, 0) is 68.6 Å². The molecule has 6 nitrogen and oxygen atoms in total. The maximum atomic E-state index is 14.2. The molecule has 2 amide bonds. The summed E-state index contributed by atoms with van der Waals surface area (Å²) in [7, 11) is 0. The summed E-state index contributed by atoms with van der Waals surface area (Å²) in [6, 6.07) is 5.14. The molecule has 7 atom stereocenters. The molecule has 31 heavy (non-hydrogen) atoms. The molecule has 1 aromatic rings. The summed E-state index contributed by atoms with van der Waals surface area (Å²) in [6.07, 6.45) is 0.359. The largest absolute Gasteiger partial charge is 0.444 e. The number of nitrogens with one attached hydrogen (secondary N) is 1. The van der Waals surface area contributed by atoms with Crippen molar-refractivity contribution in [3.8, 4) is 6.07 Å².